The Bertz CT molecular complexity index is 620. The molecular weight excluding hydrogens is 242 g/mol. The third-order valence-electron chi connectivity index (χ3n) is 3.26. The van der Waals surface area contributed by atoms with Crippen molar-refractivity contribution in [3.05, 3.63) is 41.9 Å². The summed E-state index contributed by atoms with van der Waals surface area (Å²) in [5.74, 6) is 0.881. The fourth-order valence-electron chi connectivity index (χ4n) is 2.33. The first-order valence-electron chi connectivity index (χ1n) is 6.09. The zero-order valence-electron chi connectivity index (χ0n) is 10.6. The number of carbonyl (C=O) groups is 1. The maximum absolute atomic E-state index is 11.4. The van der Waals surface area contributed by atoms with E-state index < -0.39 is 0 Å². The highest BCUT2D eigenvalue weighted by Crippen LogP contribution is 2.33. The summed E-state index contributed by atoms with van der Waals surface area (Å²) in [6.45, 7) is 0.629. The van der Waals surface area contributed by atoms with Gasteiger partial charge in [0.15, 0.2) is 0 Å². The van der Waals surface area contributed by atoms with E-state index in [1.807, 2.05) is 36.2 Å². The SMILES string of the molecule is CN(Cc1ccco1)c1cc2c(cc1N)CC(=O)N2. The molecule has 2 heterocycles. The number of carbonyl (C=O) groups excluding carboxylic acids is 1. The van der Waals surface area contributed by atoms with Crippen LogP contribution in [0.15, 0.2) is 34.9 Å². The lowest BCUT2D eigenvalue weighted by molar-refractivity contribution is -0.115. The highest BCUT2D eigenvalue weighted by molar-refractivity contribution is 6.00. The Kier molecular flexibility index (Phi) is 2.67. The molecule has 98 valence electrons. The van der Waals surface area contributed by atoms with Gasteiger partial charge in [-0.15, -0.1) is 0 Å². The molecule has 0 bridgehead atoms. The Morgan fingerprint density at radius 3 is 3.05 bits per heavy atom. The summed E-state index contributed by atoms with van der Waals surface area (Å²) in [5.41, 5.74) is 9.42. The Balaban J connectivity index is 1.88. The Hall–Kier alpha value is -2.43. The topological polar surface area (TPSA) is 71.5 Å². The lowest BCUT2D eigenvalue weighted by atomic mass is 10.1. The minimum Gasteiger partial charge on any atom is -0.467 e. The molecule has 5 nitrogen and oxygen atoms in total. The molecule has 3 N–H and O–H groups in total. The zero-order valence-corrected chi connectivity index (χ0v) is 10.6. The first kappa shape index (κ1) is 11.6. The number of benzene rings is 1. The molecule has 1 aromatic carbocycles. The van der Waals surface area contributed by atoms with Crippen LogP contribution in [0.1, 0.15) is 11.3 Å². The maximum Gasteiger partial charge on any atom is 0.228 e. The summed E-state index contributed by atoms with van der Waals surface area (Å²) in [5, 5.41) is 2.83. The summed E-state index contributed by atoms with van der Waals surface area (Å²) in [6, 6.07) is 7.55. The van der Waals surface area contributed by atoms with Gasteiger partial charge in [0.2, 0.25) is 5.91 Å². The van der Waals surface area contributed by atoms with Crippen LogP contribution in [0.25, 0.3) is 0 Å². The molecule has 0 saturated carbocycles. The van der Waals surface area contributed by atoms with Crippen LogP contribution in [0.4, 0.5) is 17.1 Å². The minimum absolute atomic E-state index is 0.0141. The highest BCUT2D eigenvalue weighted by Gasteiger charge is 2.20. The molecule has 5 heteroatoms. The fourth-order valence-corrected chi connectivity index (χ4v) is 2.33. The Morgan fingerprint density at radius 1 is 1.47 bits per heavy atom. The van der Waals surface area contributed by atoms with Gasteiger partial charge in [0.1, 0.15) is 5.76 Å². The van der Waals surface area contributed by atoms with Gasteiger partial charge >= 0.3 is 0 Å². The van der Waals surface area contributed by atoms with Gasteiger partial charge in [-0.25, -0.2) is 0 Å². The number of hydrogen-bond donors (Lipinski definition) is 2. The standard InChI is InChI=1S/C14H15N3O2/c1-17(8-10-3-2-4-19-10)13-7-12-9(5-11(13)15)6-14(18)16-12/h2-5,7H,6,8,15H2,1H3,(H,16,18). The number of fused-ring (bicyclic) bond motifs is 1. The van der Waals surface area contributed by atoms with Gasteiger partial charge in [-0.05, 0) is 29.8 Å². The molecule has 1 aromatic heterocycles. The molecule has 19 heavy (non-hydrogen) atoms. The molecule has 0 atom stereocenters. The number of nitrogens with zero attached hydrogens (tertiary/aromatic N) is 1. The van der Waals surface area contributed by atoms with Crippen LogP contribution in [0.2, 0.25) is 0 Å². The molecule has 0 radical (unpaired) electrons. The predicted molar refractivity (Wildman–Crippen MR) is 74.0 cm³/mol. The minimum atomic E-state index is 0.0141. The van der Waals surface area contributed by atoms with Crippen molar-refractivity contribution in [2.75, 3.05) is 23.0 Å². The van der Waals surface area contributed by atoms with E-state index in [4.69, 9.17) is 10.2 Å². The lowest BCUT2D eigenvalue weighted by Gasteiger charge is -2.21. The molecule has 1 amide bonds. The molecular formula is C14H15N3O2. The number of amides is 1. The van der Waals surface area contributed by atoms with Crippen LogP contribution >= 0.6 is 0 Å². The van der Waals surface area contributed by atoms with E-state index >= 15 is 0 Å². The van der Waals surface area contributed by atoms with Crippen molar-refractivity contribution in [3.8, 4) is 0 Å². The molecule has 1 aliphatic heterocycles. The average Bonchev–Trinajstić information content (AvgIpc) is 2.96. The van der Waals surface area contributed by atoms with E-state index in [1.165, 1.54) is 0 Å². The fraction of sp³-hybridized carbons (Fsp3) is 0.214. The predicted octanol–water partition coefficient (Wildman–Crippen LogP) is 1.99. The molecule has 0 fully saturated rings. The van der Waals surface area contributed by atoms with E-state index in [2.05, 4.69) is 5.32 Å². The maximum atomic E-state index is 11.4. The van der Waals surface area contributed by atoms with E-state index in [1.54, 1.807) is 6.26 Å². The van der Waals surface area contributed by atoms with Crippen molar-refractivity contribution < 1.29 is 9.21 Å². The lowest BCUT2D eigenvalue weighted by Crippen LogP contribution is -2.17. The second-order valence-electron chi connectivity index (χ2n) is 4.73. The van der Waals surface area contributed by atoms with Crippen molar-refractivity contribution in [1.82, 2.24) is 0 Å². The summed E-state index contributed by atoms with van der Waals surface area (Å²) in [6.07, 6.45) is 2.05. The van der Waals surface area contributed by atoms with Crippen molar-refractivity contribution in [2.45, 2.75) is 13.0 Å². The largest absolute Gasteiger partial charge is 0.467 e. The molecule has 0 unspecified atom stereocenters. The van der Waals surface area contributed by atoms with Gasteiger partial charge < -0.3 is 20.4 Å². The van der Waals surface area contributed by atoms with Gasteiger partial charge in [-0.3, -0.25) is 4.79 Å². The number of furan rings is 1. The number of nitrogen functional groups attached to an aromatic ring is 1. The quantitative estimate of drug-likeness (QED) is 0.825. The molecule has 3 rings (SSSR count). The second kappa shape index (κ2) is 4.35. The third kappa shape index (κ3) is 2.14. The van der Waals surface area contributed by atoms with E-state index in [9.17, 15) is 4.79 Å². The van der Waals surface area contributed by atoms with Crippen molar-refractivity contribution in [1.29, 1.82) is 0 Å². The first-order chi connectivity index (χ1) is 9.13. The summed E-state index contributed by atoms with van der Waals surface area (Å²) in [7, 11) is 1.94. The van der Waals surface area contributed by atoms with Crippen LogP contribution in [0.5, 0.6) is 0 Å². The molecule has 0 saturated heterocycles. The third-order valence-corrected chi connectivity index (χ3v) is 3.26. The number of anilines is 3. The Morgan fingerprint density at radius 2 is 2.32 bits per heavy atom. The van der Waals surface area contributed by atoms with Crippen LogP contribution in [-0.2, 0) is 17.8 Å². The van der Waals surface area contributed by atoms with Crippen LogP contribution in [0, 0.1) is 0 Å². The highest BCUT2D eigenvalue weighted by atomic mass is 16.3. The van der Waals surface area contributed by atoms with Gasteiger partial charge in [0.25, 0.3) is 0 Å². The zero-order chi connectivity index (χ0) is 13.4. The molecule has 0 aliphatic carbocycles. The van der Waals surface area contributed by atoms with Gasteiger partial charge in [-0.2, -0.15) is 0 Å². The van der Waals surface area contributed by atoms with Gasteiger partial charge in [-0.1, -0.05) is 0 Å². The molecule has 2 aromatic rings. The van der Waals surface area contributed by atoms with Crippen molar-refractivity contribution >= 4 is 23.0 Å². The summed E-state index contributed by atoms with van der Waals surface area (Å²) in [4.78, 5) is 13.4. The second-order valence-corrected chi connectivity index (χ2v) is 4.73. The monoisotopic (exact) mass is 257 g/mol. The van der Waals surface area contributed by atoms with Gasteiger partial charge in [0, 0.05) is 12.7 Å². The normalized spacial score (nSPS) is 13.2. The number of nitrogens with one attached hydrogen (secondary N) is 1. The average molecular weight is 257 g/mol. The molecule has 1 aliphatic rings. The van der Waals surface area contributed by atoms with E-state index in [-0.39, 0.29) is 5.91 Å². The first-order valence-corrected chi connectivity index (χ1v) is 6.09. The number of nitrogens with two attached hydrogens (primary N) is 1. The van der Waals surface area contributed by atoms with Gasteiger partial charge in [0.05, 0.1) is 30.6 Å². The summed E-state index contributed by atoms with van der Waals surface area (Å²) >= 11 is 0. The smallest absolute Gasteiger partial charge is 0.228 e. The van der Waals surface area contributed by atoms with E-state index in [0.717, 1.165) is 22.7 Å². The number of rotatable bonds is 3. The Labute approximate surface area is 111 Å². The van der Waals surface area contributed by atoms with Crippen molar-refractivity contribution in [3.63, 3.8) is 0 Å². The van der Waals surface area contributed by atoms with E-state index in [0.29, 0.717) is 18.7 Å². The van der Waals surface area contributed by atoms with Crippen LogP contribution in [0.3, 0.4) is 0 Å². The van der Waals surface area contributed by atoms with Crippen LogP contribution < -0.4 is 16.0 Å². The molecule has 0 spiro atoms. The van der Waals surface area contributed by atoms with Crippen molar-refractivity contribution in [2.24, 2.45) is 0 Å². The number of hydrogen-bond acceptors (Lipinski definition) is 4. The summed E-state index contributed by atoms with van der Waals surface area (Å²) < 4.78 is 5.32. The van der Waals surface area contributed by atoms with Crippen LogP contribution in [-0.4, -0.2) is 13.0 Å².